The van der Waals surface area contributed by atoms with Gasteiger partial charge in [-0.2, -0.15) is 5.26 Å². The summed E-state index contributed by atoms with van der Waals surface area (Å²) in [5, 5.41) is 12.2. The van der Waals surface area contributed by atoms with Crippen molar-refractivity contribution in [3.8, 4) is 34.8 Å². The highest BCUT2D eigenvalue weighted by Gasteiger charge is 2.16. The lowest BCUT2D eigenvalue weighted by Gasteiger charge is -2.12. The number of nitrogens with zero attached hydrogens (tertiary/aromatic N) is 1. The number of nitrogens with one attached hydrogen (secondary N) is 1. The van der Waals surface area contributed by atoms with Gasteiger partial charge in [0.2, 0.25) is 0 Å². The first-order chi connectivity index (χ1) is 17.4. The van der Waals surface area contributed by atoms with Gasteiger partial charge >= 0.3 is 5.97 Å². The molecule has 184 valence electrons. The molecule has 1 amide bonds. The topological polar surface area (TPSA) is 116 Å². The number of ether oxygens (including phenoxy) is 5. The van der Waals surface area contributed by atoms with E-state index >= 15 is 0 Å². The molecule has 9 nitrogen and oxygen atoms in total. The van der Waals surface area contributed by atoms with Crippen LogP contribution in [0.3, 0.4) is 0 Å². The Labute approximate surface area is 208 Å². The summed E-state index contributed by atoms with van der Waals surface area (Å²) in [5.41, 5.74) is 1.10. The predicted octanol–water partition coefficient (Wildman–Crippen LogP) is 4.49. The number of carbonyl (C=O) groups is 2. The number of methoxy groups -OCH3 is 4. The van der Waals surface area contributed by atoms with Gasteiger partial charge in [0.15, 0.2) is 23.0 Å². The highest BCUT2D eigenvalue weighted by Crippen LogP contribution is 2.32. The van der Waals surface area contributed by atoms with Crippen LogP contribution in [0, 0.1) is 11.3 Å². The first-order valence-electron chi connectivity index (χ1n) is 10.6. The zero-order valence-electron chi connectivity index (χ0n) is 20.2. The van der Waals surface area contributed by atoms with Gasteiger partial charge in [0, 0.05) is 11.8 Å². The van der Waals surface area contributed by atoms with Crippen molar-refractivity contribution in [2.45, 2.75) is 0 Å². The highest BCUT2D eigenvalue weighted by atomic mass is 16.6. The second-order valence-electron chi connectivity index (χ2n) is 7.23. The molecule has 0 aliphatic carbocycles. The third-order valence-corrected chi connectivity index (χ3v) is 5.01. The van der Waals surface area contributed by atoms with Crippen molar-refractivity contribution in [1.29, 1.82) is 5.26 Å². The molecular weight excluding hydrogens is 464 g/mol. The minimum Gasteiger partial charge on any atom is -0.497 e. The van der Waals surface area contributed by atoms with Crippen LogP contribution in [-0.4, -0.2) is 40.3 Å². The number of anilines is 1. The van der Waals surface area contributed by atoms with E-state index in [1.165, 1.54) is 46.6 Å². The maximum Gasteiger partial charge on any atom is 0.343 e. The Kier molecular flexibility index (Phi) is 8.51. The third-order valence-electron chi connectivity index (χ3n) is 5.01. The van der Waals surface area contributed by atoms with Crippen molar-refractivity contribution < 1.29 is 33.3 Å². The van der Waals surface area contributed by atoms with E-state index in [2.05, 4.69) is 5.32 Å². The standard InChI is InChI=1S/C27H24N2O7/c1-32-21-7-5-6-20(15-21)29-26(30)19(16-28)12-17-8-10-23(24(13-17)34-3)36-27(31)18-9-11-22(33-2)25(14-18)35-4/h5-15H,1-4H3,(H,29,30)/b19-12+. The molecule has 1 N–H and O–H groups in total. The van der Waals surface area contributed by atoms with Gasteiger partial charge in [-0.25, -0.2) is 4.79 Å². The fourth-order valence-electron chi connectivity index (χ4n) is 3.19. The maximum atomic E-state index is 12.7. The first-order valence-corrected chi connectivity index (χ1v) is 10.6. The molecule has 0 saturated heterocycles. The van der Waals surface area contributed by atoms with Crippen molar-refractivity contribution in [3.05, 3.63) is 77.4 Å². The summed E-state index contributed by atoms with van der Waals surface area (Å²) in [6.07, 6.45) is 1.40. The van der Waals surface area contributed by atoms with Gasteiger partial charge in [-0.1, -0.05) is 12.1 Å². The predicted molar refractivity (Wildman–Crippen MR) is 133 cm³/mol. The Morgan fingerprint density at radius 3 is 2.17 bits per heavy atom. The second kappa shape index (κ2) is 11.9. The van der Waals surface area contributed by atoms with Gasteiger partial charge in [-0.05, 0) is 54.1 Å². The zero-order chi connectivity index (χ0) is 26.1. The summed E-state index contributed by atoms with van der Waals surface area (Å²) >= 11 is 0. The number of carbonyl (C=O) groups excluding carboxylic acids is 2. The minimum absolute atomic E-state index is 0.130. The quantitative estimate of drug-likeness (QED) is 0.203. The van der Waals surface area contributed by atoms with Crippen LogP contribution < -0.4 is 29.0 Å². The fourth-order valence-corrected chi connectivity index (χ4v) is 3.19. The van der Waals surface area contributed by atoms with Crippen LogP contribution in [0.5, 0.6) is 28.7 Å². The molecule has 0 atom stereocenters. The van der Waals surface area contributed by atoms with Crippen LogP contribution in [0.25, 0.3) is 6.08 Å². The first kappa shape index (κ1) is 25.6. The van der Waals surface area contributed by atoms with Crippen molar-refractivity contribution in [1.82, 2.24) is 0 Å². The van der Waals surface area contributed by atoms with E-state index in [1.54, 1.807) is 48.5 Å². The van der Waals surface area contributed by atoms with Crippen molar-refractivity contribution in [3.63, 3.8) is 0 Å². The van der Waals surface area contributed by atoms with Gasteiger partial charge in [0.05, 0.1) is 34.0 Å². The Morgan fingerprint density at radius 1 is 0.806 bits per heavy atom. The van der Waals surface area contributed by atoms with Crippen LogP contribution in [0.1, 0.15) is 15.9 Å². The average molecular weight is 488 g/mol. The number of nitriles is 1. The van der Waals surface area contributed by atoms with Crippen LogP contribution in [0.2, 0.25) is 0 Å². The van der Waals surface area contributed by atoms with Crippen molar-refractivity contribution >= 4 is 23.6 Å². The number of rotatable bonds is 9. The number of hydrogen-bond acceptors (Lipinski definition) is 8. The molecule has 0 aromatic heterocycles. The normalized spacial score (nSPS) is 10.6. The molecule has 0 radical (unpaired) electrons. The van der Waals surface area contributed by atoms with E-state index < -0.39 is 11.9 Å². The van der Waals surface area contributed by atoms with Crippen molar-refractivity contribution in [2.75, 3.05) is 33.8 Å². The molecule has 3 rings (SSSR count). The molecule has 0 aliphatic rings. The monoisotopic (exact) mass is 488 g/mol. The van der Waals surface area contributed by atoms with Crippen LogP contribution in [-0.2, 0) is 4.79 Å². The molecule has 0 saturated carbocycles. The van der Waals surface area contributed by atoms with E-state index in [0.717, 1.165) is 0 Å². The van der Waals surface area contributed by atoms with Gasteiger partial charge < -0.3 is 29.0 Å². The lowest BCUT2D eigenvalue weighted by atomic mass is 10.1. The van der Waals surface area contributed by atoms with E-state index in [9.17, 15) is 14.9 Å². The second-order valence-corrected chi connectivity index (χ2v) is 7.23. The fraction of sp³-hybridized carbons (Fsp3) is 0.148. The lowest BCUT2D eigenvalue weighted by molar-refractivity contribution is -0.112. The largest absolute Gasteiger partial charge is 0.497 e. The summed E-state index contributed by atoms with van der Waals surface area (Å²) in [5.74, 6) is 0.610. The Bertz CT molecular complexity index is 1340. The SMILES string of the molecule is COc1cccc(NC(=O)/C(C#N)=C/c2ccc(OC(=O)c3ccc(OC)c(OC)c3)c(OC)c2)c1. The Hall–Kier alpha value is -4.97. The molecular formula is C27H24N2O7. The van der Waals surface area contributed by atoms with E-state index in [-0.39, 0.29) is 22.6 Å². The summed E-state index contributed by atoms with van der Waals surface area (Å²) < 4.78 is 26.4. The molecule has 0 fully saturated rings. The van der Waals surface area contributed by atoms with Gasteiger partial charge in [-0.3, -0.25) is 4.79 Å². The molecule has 0 aliphatic heterocycles. The molecule has 0 bridgehead atoms. The number of hydrogen-bond donors (Lipinski definition) is 1. The van der Waals surface area contributed by atoms with Crippen LogP contribution >= 0.6 is 0 Å². The molecule has 3 aromatic rings. The summed E-state index contributed by atoms with van der Waals surface area (Å²) in [7, 11) is 5.90. The summed E-state index contributed by atoms with van der Waals surface area (Å²) in [4.78, 5) is 25.3. The summed E-state index contributed by atoms with van der Waals surface area (Å²) in [6, 6.07) is 18.0. The van der Waals surface area contributed by atoms with Crippen LogP contribution in [0.4, 0.5) is 5.69 Å². The third kappa shape index (κ3) is 6.12. The Balaban J connectivity index is 1.80. The average Bonchev–Trinajstić information content (AvgIpc) is 2.91. The van der Waals surface area contributed by atoms with E-state index in [1.807, 2.05) is 6.07 Å². The minimum atomic E-state index is -0.632. The molecule has 3 aromatic carbocycles. The molecule has 36 heavy (non-hydrogen) atoms. The molecule has 0 heterocycles. The van der Waals surface area contributed by atoms with E-state index in [4.69, 9.17) is 23.7 Å². The molecule has 0 spiro atoms. The highest BCUT2D eigenvalue weighted by molar-refractivity contribution is 6.09. The number of amides is 1. The lowest BCUT2D eigenvalue weighted by Crippen LogP contribution is -2.13. The van der Waals surface area contributed by atoms with Crippen LogP contribution in [0.15, 0.2) is 66.2 Å². The zero-order valence-corrected chi connectivity index (χ0v) is 20.2. The summed E-state index contributed by atoms with van der Waals surface area (Å²) in [6.45, 7) is 0. The smallest absolute Gasteiger partial charge is 0.343 e. The molecule has 0 unspecified atom stereocenters. The van der Waals surface area contributed by atoms with Gasteiger partial charge in [-0.15, -0.1) is 0 Å². The van der Waals surface area contributed by atoms with Crippen molar-refractivity contribution in [2.24, 2.45) is 0 Å². The van der Waals surface area contributed by atoms with Gasteiger partial charge in [0.1, 0.15) is 17.4 Å². The van der Waals surface area contributed by atoms with E-state index in [0.29, 0.717) is 28.5 Å². The maximum absolute atomic E-state index is 12.7. The van der Waals surface area contributed by atoms with Gasteiger partial charge in [0.25, 0.3) is 5.91 Å². The molecule has 9 heteroatoms. The number of benzene rings is 3. The Morgan fingerprint density at radius 2 is 1.50 bits per heavy atom. The number of esters is 1.